The molecule has 1 heterocycles. The van der Waals surface area contributed by atoms with Gasteiger partial charge in [-0.25, -0.2) is 4.39 Å². The standard InChI is InChI=1S/C19H19FN4O3/c1-4-22-19(25)18-16(21)11-6-7-13(20)15(17(11)23-24-18)12-9-10(26-2)5-8-14(12)27-3/h5-9H,4H2,1-3H3,(H2,21,23)(H,22,25). The van der Waals surface area contributed by atoms with E-state index in [4.69, 9.17) is 15.2 Å². The Balaban J connectivity index is 2.30. The van der Waals surface area contributed by atoms with E-state index in [1.807, 2.05) is 0 Å². The van der Waals surface area contributed by atoms with Crippen LogP contribution in [0.15, 0.2) is 30.3 Å². The van der Waals surface area contributed by atoms with E-state index < -0.39 is 11.7 Å². The van der Waals surface area contributed by atoms with Gasteiger partial charge in [-0.3, -0.25) is 4.79 Å². The van der Waals surface area contributed by atoms with Crippen LogP contribution in [0.3, 0.4) is 0 Å². The molecule has 8 heteroatoms. The Bertz CT molecular complexity index is 1020. The van der Waals surface area contributed by atoms with Crippen LogP contribution >= 0.6 is 0 Å². The van der Waals surface area contributed by atoms with Gasteiger partial charge >= 0.3 is 0 Å². The molecule has 0 spiro atoms. The number of rotatable bonds is 5. The fraction of sp³-hybridized carbons (Fsp3) is 0.211. The first-order valence-electron chi connectivity index (χ1n) is 8.26. The molecule has 0 bridgehead atoms. The van der Waals surface area contributed by atoms with Crippen molar-refractivity contribution >= 4 is 22.5 Å². The highest BCUT2D eigenvalue weighted by Gasteiger charge is 2.21. The Morgan fingerprint density at radius 1 is 1.19 bits per heavy atom. The molecule has 0 aliphatic carbocycles. The van der Waals surface area contributed by atoms with Gasteiger partial charge in [0.15, 0.2) is 5.69 Å². The van der Waals surface area contributed by atoms with Crippen LogP contribution in [0, 0.1) is 5.82 Å². The molecule has 0 saturated heterocycles. The minimum Gasteiger partial charge on any atom is -0.497 e. The van der Waals surface area contributed by atoms with E-state index in [1.54, 1.807) is 25.1 Å². The Labute approximate surface area is 155 Å². The van der Waals surface area contributed by atoms with Crippen molar-refractivity contribution in [1.29, 1.82) is 0 Å². The largest absolute Gasteiger partial charge is 0.497 e. The van der Waals surface area contributed by atoms with Gasteiger partial charge in [-0.15, -0.1) is 10.2 Å². The molecule has 3 aromatic rings. The summed E-state index contributed by atoms with van der Waals surface area (Å²) in [4.78, 5) is 12.1. The van der Waals surface area contributed by atoms with Crippen LogP contribution < -0.4 is 20.5 Å². The number of hydrogen-bond acceptors (Lipinski definition) is 6. The first-order chi connectivity index (χ1) is 13.0. The number of ether oxygens (including phenoxy) is 2. The molecule has 0 atom stereocenters. The summed E-state index contributed by atoms with van der Waals surface area (Å²) in [6.07, 6.45) is 0. The lowest BCUT2D eigenvalue weighted by atomic mass is 9.99. The predicted octanol–water partition coefficient (Wildman–Crippen LogP) is 2.79. The Morgan fingerprint density at radius 3 is 2.63 bits per heavy atom. The molecular formula is C19H19FN4O3. The lowest BCUT2D eigenvalue weighted by Crippen LogP contribution is -2.25. The van der Waals surface area contributed by atoms with Crippen molar-refractivity contribution in [2.24, 2.45) is 0 Å². The van der Waals surface area contributed by atoms with Crippen molar-refractivity contribution in [3.63, 3.8) is 0 Å². The Morgan fingerprint density at radius 2 is 1.96 bits per heavy atom. The minimum absolute atomic E-state index is 0.000449. The highest BCUT2D eigenvalue weighted by Crippen LogP contribution is 2.39. The SMILES string of the molecule is CCNC(=O)c1nnc2c(-c3cc(OC)ccc3OC)c(F)ccc2c1N. The fourth-order valence-electron chi connectivity index (χ4n) is 2.85. The van der Waals surface area contributed by atoms with E-state index in [2.05, 4.69) is 15.5 Å². The summed E-state index contributed by atoms with van der Waals surface area (Å²) < 4.78 is 25.4. The minimum atomic E-state index is -0.520. The average molecular weight is 370 g/mol. The maximum absolute atomic E-state index is 14.8. The van der Waals surface area contributed by atoms with Crippen LogP contribution in [0.2, 0.25) is 0 Å². The maximum Gasteiger partial charge on any atom is 0.273 e. The number of amides is 1. The number of benzene rings is 2. The third-order valence-corrected chi connectivity index (χ3v) is 4.15. The number of anilines is 1. The number of nitrogens with zero attached hydrogens (tertiary/aromatic N) is 2. The summed E-state index contributed by atoms with van der Waals surface area (Å²) >= 11 is 0. The molecule has 0 aliphatic rings. The van der Waals surface area contributed by atoms with Gasteiger partial charge in [0, 0.05) is 23.1 Å². The molecule has 7 nitrogen and oxygen atoms in total. The molecule has 0 saturated carbocycles. The van der Waals surface area contributed by atoms with Gasteiger partial charge in [-0.1, -0.05) is 0 Å². The van der Waals surface area contributed by atoms with Gasteiger partial charge in [0.1, 0.15) is 22.8 Å². The summed E-state index contributed by atoms with van der Waals surface area (Å²) in [7, 11) is 3.00. The molecule has 1 aromatic heterocycles. The quantitative estimate of drug-likeness (QED) is 0.716. The number of hydrogen-bond donors (Lipinski definition) is 2. The van der Waals surface area contributed by atoms with E-state index in [0.717, 1.165) is 0 Å². The summed E-state index contributed by atoms with van der Waals surface area (Å²) in [6, 6.07) is 7.78. The van der Waals surface area contributed by atoms with Gasteiger partial charge in [0.05, 0.1) is 19.9 Å². The fourth-order valence-corrected chi connectivity index (χ4v) is 2.85. The molecule has 0 unspecified atom stereocenters. The number of nitrogen functional groups attached to an aromatic ring is 1. The lowest BCUT2D eigenvalue weighted by Gasteiger charge is -2.14. The Kier molecular flexibility index (Phi) is 5.07. The second-order valence-electron chi connectivity index (χ2n) is 5.71. The molecule has 0 radical (unpaired) electrons. The molecule has 27 heavy (non-hydrogen) atoms. The number of methoxy groups -OCH3 is 2. The van der Waals surface area contributed by atoms with E-state index in [9.17, 15) is 9.18 Å². The molecular weight excluding hydrogens is 351 g/mol. The van der Waals surface area contributed by atoms with Crippen molar-refractivity contribution in [1.82, 2.24) is 15.5 Å². The van der Waals surface area contributed by atoms with E-state index >= 15 is 0 Å². The van der Waals surface area contributed by atoms with Crippen molar-refractivity contribution in [3.05, 3.63) is 41.8 Å². The zero-order valence-electron chi connectivity index (χ0n) is 15.2. The molecule has 2 aromatic carbocycles. The zero-order valence-corrected chi connectivity index (χ0v) is 15.2. The summed E-state index contributed by atoms with van der Waals surface area (Å²) in [5, 5.41) is 11.1. The van der Waals surface area contributed by atoms with Gasteiger partial charge in [0.25, 0.3) is 5.91 Å². The number of aromatic nitrogens is 2. The maximum atomic E-state index is 14.8. The highest BCUT2D eigenvalue weighted by molar-refractivity contribution is 6.08. The van der Waals surface area contributed by atoms with Gasteiger partial charge in [-0.05, 0) is 37.3 Å². The van der Waals surface area contributed by atoms with Crippen LogP contribution in [0.5, 0.6) is 11.5 Å². The monoisotopic (exact) mass is 370 g/mol. The first kappa shape index (κ1) is 18.4. The number of fused-ring (bicyclic) bond motifs is 1. The summed E-state index contributed by atoms with van der Waals surface area (Å²) in [5.41, 5.74) is 7.11. The third-order valence-electron chi connectivity index (χ3n) is 4.15. The van der Waals surface area contributed by atoms with Gasteiger partial charge in [0.2, 0.25) is 0 Å². The molecule has 3 rings (SSSR count). The summed E-state index contributed by atoms with van der Waals surface area (Å²) in [6.45, 7) is 2.21. The molecule has 140 valence electrons. The van der Waals surface area contributed by atoms with Crippen LogP contribution in [-0.2, 0) is 0 Å². The van der Waals surface area contributed by atoms with Crippen molar-refractivity contribution in [2.45, 2.75) is 6.92 Å². The molecule has 0 aliphatic heterocycles. The van der Waals surface area contributed by atoms with Crippen molar-refractivity contribution in [3.8, 4) is 22.6 Å². The van der Waals surface area contributed by atoms with Crippen LogP contribution in [-0.4, -0.2) is 36.9 Å². The highest BCUT2D eigenvalue weighted by atomic mass is 19.1. The topological polar surface area (TPSA) is 99.4 Å². The molecule has 3 N–H and O–H groups in total. The number of halogens is 1. The van der Waals surface area contributed by atoms with E-state index in [1.165, 1.54) is 26.4 Å². The van der Waals surface area contributed by atoms with Crippen molar-refractivity contribution in [2.75, 3.05) is 26.5 Å². The lowest BCUT2D eigenvalue weighted by molar-refractivity contribution is 0.0951. The zero-order chi connectivity index (χ0) is 19.6. The van der Waals surface area contributed by atoms with Crippen LogP contribution in [0.25, 0.3) is 22.0 Å². The Hall–Kier alpha value is -3.42. The molecule has 0 fully saturated rings. The number of nitrogens with two attached hydrogens (primary N) is 1. The van der Waals surface area contributed by atoms with E-state index in [0.29, 0.717) is 29.0 Å². The molecule has 1 amide bonds. The second-order valence-corrected chi connectivity index (χ2v) is 5.71. The smallest absolute Gasteiger partial charge is 0.273 e. The number of carbonyl (C=O) groups is 1. The average Bonchev–Trinajstić information content (AvgIpc) is 2.67. The third kappa shape index (κ3) is 3.21. The van der Waals surface area contributed by atoms with E-state index in [-0.39, 0.29) is 22.5 Å². The first-order valence-corrected chi connectivity index (χ1v) is 8.26. The van der Waals surface area contributed by atoms with Crippen LogP contribution in [0.4, 0.5) is 10.1 Å². The number of nitrogens with one attached hydrogen (secondary N) is 1. The van der Waals surface area contributed by atoms with Crippen LogP contribution in [0.1, 0.15) is 17.4 Å². The van der Waals surface area contributed by atoms with Gasteiger partial charge < -0.3 is 20.5 Å². The van der Waals surface area contributed by atoms with Gasteiger partial charge in [-0.2, -0.15) is 0 Å². The predicted molar refractivity (Wildman–Crippen MR) is 100 cm³/mol. The second kappa shape index (κ2) is 7.45. The number of carbonyl (C=O) groups excluding carboxylic acids is 1. The van der Waals surface area contributed by atoms with Crippen molar-refractivity contribution < 1.29 is 18.7 Å². The normalized spacial score (nSPS) is 10.7. The summed E-state index contributed by atoms with van der Waals surface area (Å²) in [5.74, 6) is 0.0141.